The predicted molar refractivity (Wildman–Crippen MR) is 169 cm³/mol. The quantitative estimate of drug-likeness (QED) is 0.255. The number of amides is 2. The maximum absolute atomic E-state index is 14.2. The molecular formula is C32H40ClN3O6S. The molecule has 3 aromatic rings. The van der Waals surface area contributed by atoms with Crippen LogP contribution in [0.4, 0.5) is 5.69 Å². The van der Waals surface area contributed by atoms with E-state index in [4.69, 9.17) is 21.1 Å². The zero-order valence-corrected chi connectivity index (χ0v) is 27.0. The molecular weight excluding hydrogens is 590 g/mol. The van der Waals surface area contributed by atoms with Crippen molar-refractivity contribution in [3.8, 4) is 11.5 Å². The molecule has 0 aliphatic carbocycles. The Balaban J connectivity index is 2.08. The Morgan fingerprint density at radius 3 is 2.12 bits per heavy atom. The average Bonchev–Trinajstić information content (AvgIpc) is 2.99. The zero-order valence-electron chi connectivity index (χ0n) is 25.5. The molecule has 0 heterocycles. The Morgan fingerprint density at radius 2 is 1.56 bits per heavy atom. The first-order valence-electron chi connectivity index (χ1n) is 14.0. The molecule has 1 N–H and O–H groups in total. The third-order valence-corrected chi connectivity index (χ3v) is 8.90. The van der Waals surface area contributed by atoms with Gasteiger partial charge in [-0.25, -0.2) is 8.42 Å². The Kier molecular flexibility index (Phi) is 11.9. The number of sulfonamides is 1. The summed E-state index contributed by atoms with van der Waals surface area (Å²) in [6.07, 6.45) is 0.338. The van der Waals surface area contributed by atoms with E-state index < -0.39 is 28.5 Å². The summed E-state index contributed by atoms with van der Waals surface area (Å²) < 4.78 is 39.9. The molecule has 2 amide bonds. The number of hydrogen-bond acceptors (Lipinski definition) is 6. The standard InChI is InChI=1S/C32H40ClN3O6S/c1-7-28(32(38)34-19-22(2)3)35(20-24-10-8-23(4)9-11-24)31(37)21-36(26-14-12-25(33)13-15-26)43(39,40)27-16-17-29(41-5)30(18-27)42-6/h8-18,22,28H,7,19-21H2,1-6H3,(H,34,38)/t28-/m0/s1. The fraction of sp³-hybridized carbons (Fsp3) is 0.375. The second-order valence-electron chi connectivity index (χ2n) is 10.6. The van der Waals surface area contributed by atoms with E-state index in [-0.39, 0.29) is 34.7 Å². The minimum atomic E-state index is -4.30. The highest BCUT2D eigenvalue weighted by Gasteiger charge is 2.34. The van der Waals surface area contributed by atoms with Crippen LogP contribution in [0.2, 0.25) is 5.02 Å². The van der Waals surface area contributed by atoms with Crippen LogP contribution in [0.5, 0.6) is 11.5 Å². The third-order valence-electron chi connectivity index (χ3n) is 6.88. The molecule has 0 saturated carbocycles. The van der Waals surface area contributed by atoms with Crippen LogP contribution in [0, 0.1) is 12.8 Å². The lowest BCUT2D eigenvalue weighted by atomic mass is 10.1. The van der Waals surface area contributed by atoms with Gasteiger partial charge in [0.25, 0.3) is 10.0 Å². The van der Waals surface area contributed by atoms with Crippen LogP contribution < -0.4 is 19.1 Å². The number of nitrogens with zero attached hydrogens (tertiary/aromatic N) is 2. The van der Waals surface area contributed by atoms with E-state index in [0.717, 1.165) is 15.4 Å². The van der Waals surface area contributed by atoms with E-state index in [0.29, 0.717) is 23.7 Å². The third kappa shape index (κ3) is 8.64. The number of carbonyl (C=O) groups excluding carboxylic acids is 2. The van der Waals surface area contributed by atoms with E-state index in [2.05, 4.69) is 5.32 Å². The SMILES string of the molecule is CC[C@@H](C(=O)NCC(C)C)N(Cc1ccc(C)cc1)C(=O)CN(c1ccc(Cl)cc1)S(=O)(=O)c1ccc(OC)c(OC)c1. The molecule has 43 heavy (non-hydrogen) atoms. The molecule has 1 atom stereocenters. The normalized spacial score (nSPS) is 12.0. The molecule has 0 spiro atoms. The predicted octanol–water partition coefficient (Wildman–Crippen LogP) is 5.44. The lowest BCUT2D eigenvalue weighted by Gasteiger charge is -2.33. The number of hydrogen-bond donors (Lipinski definition) is 1. The number of benzene rings is 3. The molecule has 9 nitrogen and oxygen atoms in total. The molecule has 0 aliphatic heterocycles. The fourth-order valence-electron chi connectivity index (χ4n) is 4.47. The van der Waals surface area contributed by atoms with Crippen molar-refractivity contribution in [2.45, 2.75) is 51.6 Å². The van der Waals surface area contributed by atoms with Crippen LogP contribution in [0.1, 0.15) is 38.3 Å². The number of aryl methyl sites for hydroxylation is 1. The van der Waals surface area contributed by atoms with Crippen LogP contribution in [0.15, 0.2) is 71.6 Å². The zero-order chi connectivity index (χ0) is 31.7. The molecule has 0 unspecified atom stereocenters. The molecule has 0 aromatic heterocycles. The van der Waals surface area contributed by atoms with E-state index >= 15 is 0 Å². The van der Waals surface area contributed by atoms with Crippen LogP contribution in [-0.2, 0) is 26.2 Å². The van der Waals surface area contributed by atoms with Gasteiger partial charge in [0.2, 0.25) is 11.8 Å². The minimum absolute atomic E-state index is 0.0975. The molecule has 0 fully saturated rings. The van der Waals surface area contributed by atoms with Gasteiger partial charge in [0, 0.05) is 24.2 Å². The van der Waals surface area contributed by atoms with Crippen molar-refractivity contribution in [3.05, 3.63) is 82.9 Å². The number of halogens is 1. The Morgan fingerprint density at radius 1 is 0.930 bits per heavy atom. The first-order valence-corrected chi connectivity index (χ1v) is 15.9. The van der Waals surface area contributed by atoms with Gasteiger partial charge in [-0.2, -0.15) is 0 Å². The van der Waals surface area contributed by atoms with Crippen molar-refractivity contribution in [2.24, 2.45) is 5.92 Å². The van der Waals surface area contributed by atoms with Crippen molar-refractivity contribution in [1.82, 2.24) is 10.2 Å². The van der Waals surface area contributed by atoms with Gasteiger partial charge in [0.05, 0.1) is 24.8 Å². The van der Waals surface area contributed by atoms with Gasteiger partial charge >= 0.3 is 0 Å². The molecule has 0 aliphatic rings. The number of ether oxygens (including phenoxy) is 2. The molecule has 11 heteroatoms. The number of nitrogens with one attached hydrogen (secondary N) is 1. The molecule has 0 bridgehead atoms. The topological polar surface area (TPSA) is 105 Å². The molecule has 3 aromatic carbocycles. The van der Waals surface area contributed by atoms with Crippen LogP contribution >= 0.6 is 11.6 Å². The summed E-state index contributed by atoms with van der Waals surface area (Å²) in [5, 5.41) is 3.34. The Hall–Kier alpha value is -3.76. The van der Waals surface area contributed by atoms with Crippen LogP contribution in [0.3, 0.4) is 0 Å². The van der Waals surface area contributed by atoms with Crippen LogP contribution in [0.25, 0.3) is 0 Å². The van der Waals surface area contributed by atoms with Crippen LogP contribution in [-0.4, -0.2) is 58.5 Å². The minimum Gasteiger partial charge on any atom is -0.493 e. The van der Waals surface area contributed by atoms with Gasteiger partial charge in [-0.05, 0) is 61.2 Å². The maximum atomic E-state index is 14.2. The van der Waals surface area contributed by atoms with Crippen molar-refractivity contribution < 1.29 is 27.5 Å². The van der Waals surface area contributed by atoms with Gasteiger partial charge in [0.1, 0.15) is 12.6 Å². The van der Waals surface area contributed by atoms with Crippen molar-refractivity contribution in [2.75, 3.05) is 31.6 Å². The largest absolute Gasteiger partial charge is 0.493 e. The van der Waals surface area contributed by atoms with Crippen molar-refractivity contribution >= 4 is 39.1 Å². The monoisotopic (exact) mass is 629 g/mol. The summed E-state index contributed by atoms with van der Waals surface area (Å²) in [6.45, 7) is 7.78. The smallest absolute Gasteiger partial charge is 0.264 e. The molecule has 0 radical (unpaired) electrons. The van der Waals surface area contributed by atoms with Gasteiger partial charge in [-0.1, -0.05) is 62.2 Å². The highest BCUT2D eigenvalue weighted by Crippen LogP contribution is 2.32. The summed E-state index contributed by atoms with van der Waals surface area (Å²) >= 11 is 6.11. The summed E-state index contributed by atoms with van der Waals surface area (Å²) in [6, 6.07) is 17.2. The van der Waals surface area contributed by atoms with E-state index in [1.807, 2.05) is 52.0 Å². The maximum Gasteiger partial charge on any atom is 0.264 e. The second-order valence-corrected chi connectivity index (χ2v) is 12.9. The lowest BCUT2D eigenvalue weighted by molar-refractivity contribution is -0.140. The number of methoxy groups -OCH3 is 2. The average molecular weight is 630 g/mol. The highest BCUT2D eigenvalue weighted by atomic mass is 35.5. The van der Waals surface area contributed by atoms with Crippen molar-refractivity contribution in [1.29, 1.82) is 0 Å². The van der Waals surface area contributed by atoms with Crippen molar-refractivity contribution in [3.63, 3.8) is 0 Å². The highest BCUT2D eigenvalue weighted by molar-refractivity contribution is 7.92. The van der Waals surface area contributed by atoms with E-state index in [1.165, 1.54) is 49.5 Å². The lowest BCUT2D eigenvalue weighted by Crippen LogP contribution is -2.52. The molecule has 232 valence electrons. The van der Waals surface area contributed by atoms with Gasteiger partial charge < -0.3 is 19.7 Å². The molecule has 0 saturated heterocycles. The summed E-state index contributed by atoms with van der Waals surface area (Å²) in [7, 11) is -1.44. The summed E-state index contributed by atoms with van der Waals surface area (Å²) in [5.41, 5.74) is 2.10. The fourth-order valence-corrected chi connectivity index (χ4v) is 6.03. The Labute approximate surface area is 259 Å². The second kappa shape index (κ2) is 15.1. The number of rotatable bonds is 14. The van der Waals surface area contributed by atoms with E-state index in [9.17, 15) is 18.0 Å². The first-order chi connectivity index (χ1) is 20.4. The summed E-state index contributed by atoms with van der Waals surface area (Å²) in [5.74, 6) is -0.0313. The number of anilines is 1. The summed E-state index contributed by atoms with van der Waals surface area (Å²) in [4.78, 5) is 28.9. The van der Waals surface area contributed by atoms with E-state index in [1.54, 1.807) is 12.1 Å². The van der Waals surface area contributed by atoms with Gasteiger partial charge in [-0.15, -0.1) is 0 Å². The molecule has 3 rings (SSSR count). The van der Waals surface area contributed by atoms with Gasteiger partial charge in [0.15, 0.2) is 11.5 Å². The number of carbonyl (C=O) groups is 2. The first kappa shape index (κ1) is 33.7. The van der Waals surface area contributed by atoms with Gasteiger partial charge in [-0.3, -0.25) is 13.9 Å². The Bertz CT molecular complexity index is 1490.